The van der Waals surface area contributed by atoms with Gasteiger partial charge in [0.1, 0.15) is 5.78 Å². The van der Waals surface area contributed by atoms with Crippen LogP contribution < -0.4 is 0 Å². The van der Waals surface area contributed by atoms with Gasteiger partial charge >= 0.3 is 0 Å². The van der Waals surface area contributed by atoms with E-state index in [1.54, 1.807) is 0 Å². The lowest BCUT2D eigenvalue weighted by atomic mass is 9.98. The number of rotatable bonds is 5. The lowest BCUT2D eigenvalue weighted by Crippen LogP contribution is -2.57. The zero-order valence-electron chi connectivity index (χ0n) is 12.0. The van der Waals surface area contributed by atoms with Crippen molar-refractivity contribution in [3.8, 4) is 0 Å². The number of carbonyl (C=O) groups excluding carboxylic acids is 1. The van der Waals surface area contributed by atoms with Crippen molar-refractivity contribution in [2.75, 3.05) is 19.6 Å². The molecule has 0 aromatic heterocycles. The van der Waals surface area contributed by atoms with Gasteiger partial charge in [0, 0.05) is 25.9 Å². The Bertz CT molecular complexity index is 255. The van der Waals surface area contributed by atoms with E-state index < -0.39 is 0 Å². The summed E-state index contributed by atoms with van der Waals surface area (Å²) in [6, 6.07) is 0. The smallest absolute Gasteiger partial charge is 0.132 e. The van der Waals surface area contributed by atoms with Crippen LogP contribution in [0.1, 0.15) is 53.9 Å². The molecular formula is C14H27NO2. The summed E-state index contributed by atoms with van der Waals surface area (Å²) in [5.74, 6) is 0.372. The predicted octanol–water partition coefficient (Wildman–Crippen LogP) is 2.64. The zero-order valence-corrected chi connectivity index (χ0v) is 12.0. The summed E-state index contributed by atoms with van der Waals surface area (Å²) in [7, 11) is 0. The van der Waals surface area contributed by atoms with Crippen LogP contribution in [0.5, 0.6) is 0 Å². The largest absolute Gasteiger partial charge is 0.367 e. The van der Waals surface area contributed by atoms with Crippen LogP contribution in [0.3, 0.4) is 0 Å². The van der Waals surface area contributed by atoms with Gasteiger partial charge < -0.3 is 4.74 Å². The van der Waals surface area contributed by atoms with Gasteiger partial charge in [-0.1, -0.05) is 6.92 Å². The van der Waals surface area contributed by atoms with Gasteiger partial charge in [-0.3, -0.25) is 9.69 Å². The quantitative estimate of drug-likeness (QED) is 0.741. The maximum absolute atomic E-state index is 11.3. The van der Waals surface area contributed by atoms with E-state index in [9.17, 15) is 4.79 Å². The van der Waals surface area contributed by atoms with Gasteiger partial charge in [-0.05, 0) is 40.7 Å². The van der Waals surface area contributed by atoms with Crippen molar-refractivity contribution in [1.82, 2.24) is 4.90 Å². The van der Waals surface area contributed by atoms with Crippen LogP contribution in [0.4, 0.5) is 0 Å². The Kier molecular flexibility index (Phi) is 4.73. The lowest BCUT2D eigenvalue weighted by Gasteiger charge is -2.47. The third-order valence-electron chi connectivity index (χ3n) is 3.09. The highest BCUT2D eigenvalue weighted by Crippen LogP contribution is 2.28. The highest BCUT2D eigenvalue weighted by Gasteiger charge is 2.37. The Balaban J connectivity index is 2.40. The number of hydrogen-bond acceptors (Lipinski definition) is 3. The Labute approximate surface area is 106 Å². The van der Waals surface area contributed by atoms with Gasteiger partial charge in [0.2, 0.25) is 0 Å². The summed E-state index contributed by atoms with van der Waals surface area (Å²) in [6.45, 7) is 13.4. The molecule has 1 aliphatic heterocycles. The van der Waals surface area contributed by atoms with E-state index in [1.807, 2.05) is 6.92 Å². The molecule has 1 fully saturated rings. The number of ketones is 1. The Morgan fingerprint density at radius 3 is 2.18 bits per heavy atom. The first kappa shape index (κ1) is 14.7. The number of hydrogen-bond donors (Lipinski definition) is 0. The fraction of sp³-hybridized carbons (Fsp3) is 0.929. The molecule has 0 saturated carbocycles. The summed E-state index contributed by atoms with van der Waals surface area (Å²) < 4.78 is 6.03. The molecule has 3 heteroatoms. The summed E-state index contributed by atoms with van der Waals surface area (Å²) in [5, 5.41) is 0. The highest BCUT2D eigenvalue weighted by atomic mass is 16.5. The predicted molar refractivity (Wildman–Crippen MR) is 70.2 cm³/mol. The highest BCUT2D eigenvalue weighted by molar-refractivity contribution is 5.77. The summed E-state index contributed by atoms with van der Waals surface area (Å²) in [5.41, 5.74) is -0.174. The fourth-order valence-electron chi connectivity index (χ4n) is 2.78. The van der Waals surface area contributed by atoms with Crippen LogP contribution in [0, 0.1) is 0 Å². The molecular weight excluding hydrogens is 214 g/mol. The van der Waals surface area contributed by atoms with E-state index in [2.05, 4.69) is 32.6 Å². The topological polar surface area (TPSA) is 29.5 Å². The fourth-order valence-corrected chi connectivity index (χ4v) is 2.78. The summed E-state index contributed by atoms with van der Waals surface area (Å²) in [4.78, 5) is 13.7. The van der Waals surface area contributed by atoms with E-state index in [0.717, 1.165) is 26.1 Å². The maximum Gasteiger partial charge on any atom is 0.132 e. The minimum absolute atomic E-state index is 0.0868. The van der Waals surface area contributed by atoms with Gasteiger partial charge in [0.15, 0.2) is 0 Å². The van der Waals surface area contributed by atoms with E-state index in [4.69, 9.17) is 4.74 Å². The molecule has 0 unspecified atom stereocenters. The number of nitrogens with zero attached hydrogens (tertiary/aromatic N) is 1. The van der Waals surface area contributed by atoms with Crippen LogP contribution in [-0.2, 0) is 9.53 Å². The van der Waals surface area contributed by atoms with Crippen molar-refractivity contribution in [3.05, 3.63) is 0 Å². The maximum atomic E-state index is 11.3. The second-order valence-corrected chi connectivity index (χ2v) is 6.33. The third kappa shape index (κ3) is 5.17. The van der Waals surface area contributed by atoms with Crippen LogP contribution in [0.2, 0.25) is 0 Å². The van der Waals surface area contributed by atoms with Crippen molar-refractivity contribution in [2.24, 2.45) is 0 Å². The molecule has 1 saturated heterocycles. The number of morpholine rings is 1. The molecule has 0 aliphatic carbocycles. The molecule has 17 heavy (non-hydrogen) atoms. The molecule has 3 nitrogen and oxygen atoms in total. The average molecular weight is 241 g/mol. The van der Waals surface area contributed by atoms with E-state index >= 15 is 0 Å². The molecule has 0 amide bonds. The van der Waals surface area contributed by atoms with Crippen LogP contribution in [0.25, 0.3) is 0 Å². The standard InChI is InChI=1S/C14H27NO2/c1-6-12(16)8-7-9-15-10-13(2,3)17-14(4,5)11-15/h6-11H2,1-5H3. The molecule has 0 spiro atoms. The van der Waals surface area contributed by atoms with Gasteiger partial charge in [0.25, 0.3) is 0 Å². The normalized spacial score (nSPS) is 23.6. The molecule has 1 rings (SSSR count). The molecule has 1 heterocycles. The Morgan fingerprint density at radius 2 is 1.71 bits per heavy atom. The first-order valence-corrected chi connectivity index (χ1v) is 6.68. The third-order valence-corrected chi connectivity index (χ3v) is 3.09. The number of Topliss-reactive ketones (excluding diaryl/α,β-unsaturated/α-hetero) is 1. The minimum Gasteiger partial charge on any atom is -0.367 e. The van der Waals surface area contributed by atoms with Crippen molar-refractivity contribution in [2.45, 2.75) is 65.1 Å². The molecule has 0 aromatic carbocycles. The second kappa shape index (κ2) is 5.49. The van der Waals surface area contributed by atoms with Gasteiger partial charge in [-0.15, -0.1) is 0 Å². The van der Waals surface area contributed by atoms with Crippen molar-refractivity contribution < 1.29 is 9.53 Å². The summed E-state index contributed by atoms with van der Waals surface area (Å²) in [6.07, 6.45) is 2.35. The van der Waals surface area contributed by atoms with Crippen LogP contribution in [-0.4, -0.2) is 41.5 Å². The SMILES string of the molecule is CCC(=O)CCCN1CC(C)(C)OC(C)(C)C1. The molecule has 0 atom stereocenters. The zero-order chi connectivity index (χ0) is 13.1. The lowest BCUT2D eigenvalue weighted by molar-refractivity contribution is -0.180. The van der Waals surface area contributed by atoms with E-state index in [1.165, 1.54) is 0 Å². The molecule has 0 N–H and O–H groups in total. The minimum atomic E-state index is -0.0868. The van der Waals surface area contributed by atoms with E-state index in [-0.39, 0.29) is 11.2 Å². The molecule has 100 valence electrons. The molecule has 0 bridgehead atoms. The van der Waals surface area contributed by atoms with Crippen LogP contribution >= 0.6 is 0 Å². The van der Waals surface area contributed by atoms with Crippen LogP contribution in [0.15, 0.2) is 0 Å². The van der Waals surface area contributed by atoms with E-state index in [0.29, 0.717) is 18.6 Å². The van der Waals surface area contributed by atoms with Gasteiger partial charge in [-0.2, -0.15) is 0 Å². The molecule has 1 aliphatic rings. The Morgan fingerprint density at radius 1 is 1.18 bits per heavy atom. The number of ether oxygens (including phenoxy) is 1. The van der Waals surface area contributed by atoms with Crippen molar-refractivity contribution in [3.63, 3.8) is 0 Å². The average Bonchev–Trinajstić information content (AvgIpc) is 2.12. The molecule has 0 radical (unpaired) electrons. The summed E-state index contributed by atoms with van der Waals surface area (Å²) >= 11 is 0. The molecule has 0 aromatic rings. The van der Waals surface area contributed by atoms with Gasteiger partial charge in [0.05, 0.1) is 11.2 Å². The Hall–Kier alpha value is -0.410. The van der Waals surface area contributed by atoms with Gasteiger partial charge in [-0.25, -0.2) is 0 Å². The first-order chi connectivity index (χ1) is 7.74. The monoisotopic (exact) mass is 241 g/mol. The van der Waals surface area contributed by atoms with Crippen molar-refractivity contribution >= 4 is 5.78 Å². The van der Waals surface area contributed by atoms with Crippen molar-refractivity contribution in [1.29, 1.82) is 0 Å². The second-order valence-electron chi connectivity index (χ2n) is 6.33. The number of carbonyl (C=O) groups is 1. The first-order valence-electron chi connectivity index (χ1n) is 6.68.